The molecule has 0 bridgehead atoms. The first kappa shape index (κ1) is 21.1. The van der Waals surface area contributed by atoms with Gasteiger partial charge in [0.05, 0.1) is 33.1 Å². The van der Waals surface area contributed by atoms with Gasteiger partial charge in [0.25, 0.3) is 11.8 Å². The van der Waals surface area contributed by atoms with Crippen molar-refractivity contribution in [2.24, 2.45) is 5.14 Å². The minimum Gasteiger partial charge on any atom is -0.468 e. The molecule has 2 amide bonds. The van der Waals surface area contributed by atoms with Crippen LogP contribution in [0.25, 0.3) is 5.57 Å². The van der Waals surface area contributed by atoms with Crippen LogP contribution in [0.3, 0.4) is 0 Å². The van der Waals surface area contributed by atoms with Gasteiger partial charge in [0, 0.05) is 0 Å². The average Bonchev–Trinajstić information content (AvgIpc) is 3.33. The van der Waals surface area contributed by atoms with Crippen molar-refractivity contribution in [2.45, 2.75) is 17.6 Å². The van der Waals surface area contributed by atoms with Crippen LogP contribution in [0.15, 0.2) is 81.1 Å². The van der Waals surface area contributed by atoms with E-state index in [4.69, 9.17) is 9.56 Å². The van der Waals surface area contributed by atoms with E-state index in [1.807, 2.05) is 19.1 Å². The number of nitrogens with two attached hydrogens (primary N) is 1. The number of carbonyl (C=O) groups is 2. The van der Waals surface area contributed by atoms with Gasteiger partial charge in [-0.25, -0.2) is 18.5 Å². The molecule has 2 heterocycles. The van der Waals surface area contributed by atoms with E-state index in [2.05, 4.69) is 0 Å². The summed E-state index contributed by atoms with van der Waals surface area (Å²) in [6.45, 7) is 1.94. The fraction of sp³-hybridized carbons (Fsp3) is 0.0909. The number of imide groups is 1. The number of thioether (sulfide) groups is 1. The molecule has 0 unspecified atom stereocenters. The fourth-order valence-electron chi connectivity index (χ4n) is 3.18. The second-order valence-electron chi connectivity index (χ2n) is 6.92. The van der Waals surface area contributed by atoms with Gasteiger partial charge in [-0.15, -0.1) is 11.8 Å². The Bertz CT molecular complexity index is 1280. The molecular formula is C22H18N2O5S2. The van der Waals surface area contributed by atoms with Crippen molar-refractivity contribution in [2.75, 3.05) is 4.90 Å². The molecule has 9 heteroatoms. The normalized spacial score (nSPS) is 14.6. The van der Waals surface area contributed by atoms with Crippen molar-refractivity contribution < 1.29 is 22.4 Å². The molecule has 1 aliphatic heterocycles. The second-order valence-corrected chi connectivity index (χ2v) is 9.47. The molecule has 1 aliphatic rings. The van der Waals surface area contributed by atoms with Crippen molar-refractivity contribution in [1.29, 1.82) is 0 Å². The van der Waals surface area contributed by atoms with Gasteiger partial charge in [-0.1, -0.05) is 29.8 Å². The Labute approximate surface area is 183 Å². The number of sulfonamides is 1. The van der Waals surface area contributed by atoms with Gasteiger partial charge >= 0.3 is 0 Å². The van der Waals surface area contributed by atoms with Gasteiger partial charge in [-0.2, -0.15) is 0 Å². The third kappa shape index (κ3) is 4.20. The number of nitrogens with zero attached hydrogens (tertiary/aromatic N) is 1. The van der Waals surface area contributed by atoms with Gasteiger partial charge in [0.2, 0.25) is 10.0 Å². The lowest BCUT2D eigenvalue weighted by molar-refractivity contribution is -0.119. The highest BCUT2D eigenvalue weighted by Gasteiger charge is 2.40. The number of hydrogen-bond acceptors (Lipinski definition) is 6. The second kappa shape index (κ2) is 8.18. The predicted molar refractivity (Wildman–Crippen MR) is 118 cm³/mol. The number of primary sulfonamides is 1. The van der Waals surface area contributed by atoms with E-state index in [1.54, 1.807) is 30.5 Å². The van der Waals surface area contributed by atoms with Gasteiger partial charge < -0.3 is 4.42 Å². The number of rotatable bonds is 6. The zero-order valence-corrected chi connectivity index (χ0v) is 18.1. The summed E-state index contributed by atoms with van der Waals surface area (Å²) in [5.74, 6) is 0.117. The molecule has 0 fully saturated rings. The van der Waals surface area contributed by atoms with Crippen LogP contribution in [0.2, 0.25) is 0 Å². The van der Waals surface area contributed by atoms with E-state index in [-0.39, 0.29) is 10.6 Å². The number of hydrogen-bond donors (Lipinski definition) is 1. The van der Waals surface area contributed by atoms with Crippen molar-refractivity contribution in [3.8, 4) is 0 Å². The maximum atomic E-state index is 13.3. The Morgan fingerprint density at radius 1 is 0.968 bits per heavy atom. The average molecular weight is 455 g/mol. The maximum absolute atomic E-state index is 13.3. The Hall–Kier alpha value is -3.14. The van der Waals surface area contributed by atoms with Gasteiger partial charge in [0.1, 0.15) is 5.76 Å². The Morgan fingerprint density at radius 2 is 1.65 bits per heavy atom. The summed E-state index contributed by atoms with van der Waals surface area (Å²) in [6.07, 6.45) is 1.55. The smallest absolute Gasteiger partial charge is 0.272 e. The molecule has 3 aromatic rings. The van der Waals surface area contributed by atoms with E-state index in [9.17, 15) is 18.0 Å². The molecule has 2 N–H and O–H groups in total. The highest BCUT2D eigenvalue weighted by atomic mass is 32.2. The molecule has 0 saturated carbocycles. The number of carbonyl (C=O) groups excluding carboxylic acids is 2. The summed E-state index contributed by atoms with van der Waals surface area (Å²) in [7, 11) is -3.89. The minimum absolute atomic E-state index is 0.102. The zero-order chi connectivity index (χ0) is 22.2. The number of furan rings is 1. The lowest BCUT2D eigenvalue weighted by Crippen LogP contribution is -2.31. The van der Waals surface area contributed by atoms with Gasteiger partial charge in [0.15, 0.2) is 0 Å². The lowest BCUT2D eigenvalue weighted by Gasteiger charge is -2.15. The molecule has 7 nitrogen and oxygen atoms in total. The maximum Gasteiger partial charge on any atom is 0.272 e. The van der Waals surface area contributed by atoms with Crippen molar-refractivity contribution in [1.82, 2.24) is 0 Å². The molecule has 158 valence electrons. The molecule has 0 saturated heterocycles. The van der Waals surface area contributed by atoms with Crippen LogP contribution in [-0.2, 0) is 25.4 Å². The molecule has 0 radical (unpaired) electrons. The third-order valence-corrected chi connectivity index (χ3v) is 6.77. The first-order chi connectivity index (χ1) is 14.8. The third-order valence-electron chi connectivity index (χ3n) is 4.74. The summed E-state index contributed by atoms with van der Waals surface area (Å²) < 4.78 is 28.4. The summed E-state index contributed by atoms with van der Waals surface area (Å²) in [5.41, 5.74) is 2.23. The first-order valence-electron chi connectivity index (χ1n) is 9.24. The van der Waals surface area contributed by atoms with Gasteiger partial charge in [-0.3, -0.25) is 9.59 Å². The fourth-order valence-corrected chi connectivity index (χ4v) is 4.71. The number of benzene rings is 2. The van der Waals surface area contributed by atoms with Crippen molar-refractivity contribution >= 4 is 44.9 Å². The van der Waals surface area contributed by atoms with Crippen LogP contribution in [0.1, 0.15) is 16.9 Å². The summed E-state index contributed by atoms with van der Waals surface area (Å²) >= 11 is 1.22. The molecule has 0 atom stereocenters. The molecule has 31 heavy (non-hydrogen) atoms. The largest absolute Gasteiger partial charge is 0.468 e. The first-order valence-corrected chi connectivity index (χ1v) is 11.8. The topological polar surface area (TPSA) is 111 Å². The summed E-state index contributed by atoms with van der Waals surface area (Å²) in [4.78, 5) is 27.8. The highest BCUT2D eigenvalue weighted by molar-refractivity contribution is 8.03. The van der Waals surface area contributed by atoms with E-state index < -0.39 is 21.8 Å². The molecular weight excluding hydrogens is 436 g/mol. The van der Waals surface area contributed by atoms with Crippen LogP contribution < -0.4 is 10.0 Å². The Kier molecular flexibility index (Phi) is 5.57. The molecule has 4 rings (SSSR count). The van der Waals surface area contributed by atoms with E-state index >= 15 is 0 Å². The van der Waals surface area contributed by atoms with Crippen LogP contribution in [0.4, 0.5) is 5.69 Å². The highest BCUT2D eigenvalue weighted by Crippen LogP contribution is 2.39. The molecule has 0 aliphatic carbocycles. The number of aryl methyl sites for hydroxylation is 1. The molecule has 2 aromatic carbocycles. The number of anilines is 1. The van der Waals surface area contributed by atoms with Crippen LogP contribution >= 0.6 is 11.8 Å². The van der Waals surface area contributed by atoms with Gasteiger partial charge in [-0.05, 0) is 48.9 Å². The van der Waals surface area contributed by atoms with Crippen LogP contribution in [-0.4, -0.2) is 20.2 Å². The van der Waals surface area contributed by atoms with E-state index in [0.717, 1.165) is 10.5 Å². The van der Waals surface area contributed by atoms with Crippen molar-refractivity contribution in [3.05, 3.63) is 88.7 Å². The van der Waals surface area contributed by atoms with E-state index in [1.165, 1.54) is 36.0 Å². The van der Waals surface area contributed by atoms with Crippen LogP contribution in [0.5, 0.6) is 0 Å². The lowest BCUT2D eigenvalue weighted by atomic mass is 10.0. The molecule has 0 spiro atoms. The molecule has 1 aromatic heterocycles. The Morgan fingerprint density at radius 3 is 2.23 bits per heavy atom. The predicted octanol–water partition coefficient (Wildman–Crippen LogP) is 3.45. The van der Waals surface area contributed by atoms with Crippen molar-refractivity contribution in [3.63, 3.8) is 0 Å². The SMILES string of the molecule is Cc1ccc(C2=C(SCc3ccco3)C(=O)N(c3ccc(S(N)(=O)=O)cc3)C2=O)cc1. The minimum atomic E-state index is -3.89. The summed E-state index contributed by atoms with van der Waals surface area (Å²) in [5, 5.41) is 5.14. The zero-order valence-electron chi connectivity index (χ0n) is 16.4. The number of amides is 2. The monoisotopic (exact) mass is 454 g/mol. The van der Waals surface area contributed by atoms with E-state index in [0.29, 0.717) is 27.6 Å². The Balaban J connectivity index is 1.73. The van der Waals surface area contributed by atoms with Crippen LogP contribution in [0, 0.1) is 6.92 Å². The quantitative estimate of drug-likeness (QED) is 0.571. The standard InChI is InChI=1S/C22H18N2O5S2/c1-14-4-6-15(7-5-14)19-20(30-13-17-3-2-12-29-17)22(26)24(21(19)25)16-8-10-18(11-9-16)31(23,27)28/h2-12H,13H2,1H3,(H2,23,27,28). The summed E-state index contributed by atoms with van der Waals surface area (Å²) in [6, 6.07) is 16.2.